The van der Waals surface area contributed by atoms with Crippen LogP contribution in [0.3, 0.4) is 0 Å². The molecule has 2 aromatic rings. The maximum Gasteiger partial charge on any atom is 0.226 e. The summed E-state index contributed by atoms with van der Waals surface area (Å²) in [7, 11) is 1.77. The third-order valence-electron chi connectivity index (χ3n) is 2.89. The molecule has 0 aliphatic rings. The van der Waals surface area contributed by atoms with Crippen LogP contribution in [0.15, 0.2) is 36.4 Å². The summed E-state index contributed by atoms with van der Waals surface area (Å²) in [5.74, 6) is 0.707. The van der Waals surface area contributed by atoms with Crippen molar-refractivity contribution in [2.45, 2.75) is 13.0 Å². The van der Waals surface area contributed by atoms with Gasteiger partial charge in [0, 0.05) is 23.7 Å². The van der Waals surface area contributed by atoms with Crippen molar-refractivity contribution >= 4 is 34.5 Å². The van der Waals surface area contributed by atoms with E-state index in [1.165, 1.54) is 11.3 Å². The molecule has 0 unspecified atom stereocenters. The topological polar surface area (TPSA) is 55.6 Å². The van der Waals surface area contributed by atoms with Gasteiger partial charge in [0.05, 0.1) is 23.9 Å². The monoisotopic (exact) mass is 324 g/mol. The van der Waals surface area contributed by atoms with Gasteiger partial charge in [0.25, 0.3) is 0 Å². The van der Waals surface area contributed by atoms with Crippen LogP contribution in [-0.4, -0.2) is 24.5 Å². The van der Waals surface area contributed by atoms with Crippen LogP contribution in [0.25, 0.3) is 0 Å². The molecule has 1 amide bonds. The van der Waals surface area contributed by atoms with Crippen molar-refractivity contribution < 1.29 is 9.53 Å². The molecule has 0 saturated carbocycles. The smallest absolute Gasteiger partial charge is 0.226 e. The van der Waals surface area contributed by atoms with Gasteiger partial charge < -0.3 is 15.4 Å². The zero-order chi connectivity index (χ0) is 15.2. The second-order valence-electron chi connectivity index (χ2n) is 4.63. The van der Waals surface area contributed by atoms with E-state index >= 15 is 0 Å². The molecule has 0 radical (unpaired) electrons. The van der Waals surface area contributed by atoms with Gasteiger partial charge in [-0.3, -0.25) is 4.79 Å². The predicted molar refractivity (Wildman–Crippen MR) is 86.8 cm³/mol. The zero-order valence-corrected chi connectivity index (χ0v) is 13.3. The summed E-state index contributed by atoms with van der Waals surface area (Å²) in [6.45, 7) is 0.895. The molecule has 0 aliphatic carbocycles. The number of anilines is 1. The van der Waals surface area contributed by atoms with Gasteiger partial charge in [0.2, 0.25) is 5.91 Å². The fourth-order valence-electron chi connectivity index (χ4n) is 1.81. The first kappa shape index (κ1) is 15.7. The molecular formula is C15H17ClN2O2S. The van der Waals surface area contributed by atoms with E-state index in [0.29, 0.717) is 31.0 Å². The van der Waals surface area contributed by atoms with E-state index in [-0.39, 0.29) is 5.91 Å². The molecule has 0 fully saturated rings. The van der Waals surface area contributed by atoms with Crippen molar-refractivity contribution in [3.8, 4) is 5.75 Å². The highest BCUT2D eigenvalue weighted by molar-refractivity contribution is 7.16. The maximum absolute atomic E-state index is 12.0. The Balaban J connectivity index is 1.76. The average Bonchev–Trinajstić information content (AvgIpc) is 2.84. The van der Waals surface area contributed by atoms with Crippen LogP contribution in [0.4, 0.5) is 5.69 Å². The number of halogens is 1. The number of carbonyl (C=O) groups excluding carboxylic acids is 1. The second-order valence-corrected chi connectivity index (χ2v) is 6.43. The van der Waals surface area contributed by atoms with Crippen LogP contribution in [-0.2, 0) is 11.3 Å². The first-order valence-electron chi connectivity index (χ1n) is 6.51. The third-order valence-corrected chi connectivity index (χ3v) is 4.11. The second kappa shape index (κ2) is 7.33. The lowest BCUT2D eigenvalue weighted by molar-refractivity contribution is -0.130. The number of hydrogen-bond acceptors (Lipinski definition) is 4. The summed E-state index contributed by atoms with van der Waals surface area (Å²) in [4.78, 5) is 14.7. The van der Waals surface area contributed by atoms with Crippen LogP contribution in [0.5, 0.6) is 5.75 Å². The fourth-order valence-corrected chi connectivity index (χ4v) is 2.95. The molecule has 1 aromatic heterocycles. The quantitative estimate of drug-likeness (QED) is 0.828. The molecule has 4 nitrogen and oxygen atoms in total. The van der Waals surface area contributed by atoms with Crippen molar-refractivity contribution in [2.24, 2.45) is 0 Å². The van der Waals surface area contributed by atoms with Gasteiger partial charge in [-0.2, -0.15) is 0 Å². The summed E-state index contributed by atoms with van der Waals surface area (Å²) in [6.07, 6.45) is 0.324. The number of rotatable bonds is 6. The van der Waals surface area contributed by atoms with Crippen molar-refractivity contribution in [1.29, 1.82) is 0 Å². The fraction of sp³-hybridized carbons (Fsp3) is 0.267. The van der Waals surface area contributed by atoms with Gasteiger partial charge in [-0.05, 0) is 24.3 Å². The van der Waals surface area contributed by atoms with Gasteiger partial charge >= 0.3 is 0 Å². The number of nitrogens with two attached hydrogens (primary N) is 1. The summed E-state index contributed by atoms with van der Waals surface area (Å²) in [6, 6.07) is 10.9. The lowest BCUT2D eigenvalue weighted by Crippen LogP contribution is -2.27. The Hall–Kier alpha value is -1.72. The molecule has 0 atom stereocenters. The molecule has 1 heterocycles. The highest BCUT2D eigenvalue weighted by Crippen LogP contribution is 2.22. The number of thiophene rings is 1. The number of ether oxygens (including phenoxy) is 1. The van der Waals surface area contributed by atoms with E-state index in [2.05, 4.69) is 0 Å². The third kappa shape index (κ3) is 4.95. The van der Waals surface area contributed by atoms with Gasteiger partial charge in [-0.15, -0.1) is 11.3 Å². The first-order valence-corrected chi connectivity index (χ1v) is 7.70. The predicted octanol–water partition coefficient (Wildman–Crippen LogP) is 3.41. The molecule has 2 N–H and O–H groups in total. The first-order chi connectivity index (χ1) is 10.0. The SMILES string of the molecule is CN(Cc1ccc(Cl)s1)C(=O)CCOc1cccc(N)c1. The van der Waals surface area contributed by atoms with Crippen molar-refractivity contribution in [3.05, 3.63) is 45.6 Å². The van der Waals surface area contributed by atoms with Gasteiger partial charge in [-0.1, -0.05) is 17.7 Å². The largest absolute Gasteiger partial charge is 0.493 e. The summed E-state index contributed by atoms with van der Waals surface area (Å²) in [5.41, 5.74) is 6.31. The molecule has 6 heteroatoms. The summed E-state index contributed by atoms with van der Waals surface area (Å²) in [5, 5.41) is 0. The minimum atomic E-state index is 0.0309. The zero-order valence-electron chi connectivity index (χ0n) is 11.7. The standard InChI is InChI=1S/C15H17ClN2O2S/c1-18(10-13-5-6-14(16)21-13)15(19)7-8-20-12-4-2-3-11(17)9-12/h2-6,9H,7-8,10,17H2,1H3. The molecule has 0 spiro atoms. The number of benzene rings is 1. The summed E-state index contributed by atoms with van der Waals surface area (Å²) < 4.78 is 6.25. The van der Waals surface area contributed by atoms with E-state index in [1.54, 1.807) is 24.1 Å². The Labute approximate surface area is 133 Å². The molecule has 1 aromatic carbocycles. The number of nitrogens with zero attached hydrogens (tertiary/aromatic N) is 1. The highest BCUT2D eigenvalue weighted by Gasteiger charge is 2.10. The van der Waals surface area contributed by atoms with E-state index in [4.69, 9.17) is 22.1 Å². The molecule has 0 bridgehead atoms. The van der Waals surface area contributed by atoms with E-state index in [9.17, 15) is 4.79 Å². The number of carbonyl (C=O) groups is 1. The Morgan fingerprint density at radius 2 is 2.19 bits per heavy atom. The molecule has 2 rings (SSSR count). The Bertz CT molecular complexity index is 615. The Morgan fingerprint density at radius 1 is 1.38 bits per heavy atom. The van der Waals surface area contributed by atoms with Crippen molar-refractivity contribution in [1.82, 2.24) is 4.90 Å². The Kier molecular flexibility index (Phi) is 5.47. The van der Waals surface area contributed by atoms with Crippen LogP contribution >= 0.6 is 22.9 Å². The lowest BCUT2D eigenvalue weighted by atomic mass is 10.3. The Morgan fingerprint density at radius 3 is 2.86 bits per heavy atom. The van der Waals surface area contributed by atoms with Crippen molar-refractivity contribution in [3.63, 3.8) is 0 Å². The number of nitrogen functional groups attached to an aromatic ring is 1. The molecular weight excluding hydrogens is 308 g/mol. The molecule has 21 heavy (non-hydrogen) atoms. The van der Waals surface area contributed by atoms with Crippen LogP contribution in [0.1, 0.15) is 11.3 Å². The number of amides is 1. The van der Waals surface area contributed by atoms with Gasteiger partial charge in [-0.25, -0.2) is 0 Å². The average molecular weight is 325 g/mol. The maximum atomic E-state index is 12.0. The number of hydrogen-bond donors (Lipinski definition) is 1. The molecule has 112 valence electrons. The van der Waals surface area contributed by atoms with Crippen LogP contribution < -0.4 is 10.5 Å². The van der Waals surface area contributed by atoms with E-state index < -0.39 is 0 Å². The van der Waals surface area contributed by atoms with E-state index in [1.807, 2.05) is 24.3 Å². The van der Waals surface area contributed by atoms with Gasteiger partial charge in [0.15, 0.2) is 0 Å². The molecule has 0 saturated heterocycles. The highest BCUT2D eigenvalue weighted by atomic mass is 35.5. The minimum Gasteiger partial charge on any atom is -0.493 e. The molecule has 0 aliphatic heterocycles. The van der Waals surface area contributed by atoms with Crippen molar-refractivity contribution in [2.75, 3.05) is 19.4 Å². The summed E-state index contributed by atoms with van der Waals surface area (Å²) >= 11 is 7.35. The van der Waals surface area contributed by atoms with Crippen LogP contribution in [0.2, 0.25) is 4.34 Å². The van der Waals surface area contributed by atoms with Crippen LogP contribution in [0, 0.1) is 0 Å². The normalized spacial score (nSPS) is 10.4. The lowest BCUT2D eigenvalue weighted by Gasteiger charge is -2.16. The minimum absolute atomic E-state index is 0.0309. The van der Waals surface area contributed by atoms with Gasteiger partial charge in [0.1, 0.15) is 5.75 Å². The van der Waals surface area contributed by atoms with E-state index in [0.717, 1.165) is 9.21 Å².